The molecule has 1 aliphatic heterocycles. The van der Waals surface area contributed by atoms with Gasteiger partial charge in [0.15, 0.2) is 0 Å². The smallest absolute Gasteiger partial charge is 0.259 e. The second-order valence-corrected chi connectivity index (χ2v) is 8.54. The summed E-state index contributed by atoms with van der Waals surface area (Å²) in [6.07, 6.45) is 0.543. The number of carbonyl (C=O) groups excluding carboxylic acids is 1. The molecule has 146 valence electrons. The molecule has 1 amide bonds. The van der Waals surface area contributed by atoms with Crippen LogP contribution in [0.3, 0.4) is 0 Å². The summed E-state index contributed by atoms with van der Waals surface area (Å²) in [6.45, 7) is 4.31. The van der Waals surface area contributed by atoms with Gasteiger partial charge in [-0.1, -0.05) is 23.7 Å². The molecule has 27 heavy (non-hydrogen) atoms. The Morgan fingerprint density at radius 1 is 1.30 bits per heavy atom. The number of hydrogen-bond acceptors (Lipinski definition) is 5. The lowest BCUT2D eigenvalue weighted by Crippen LogP contribution is -2.50. The van der Waals surface area contributed by atoms with Gasteiger partial charge in [-0.3, -0.25) is 4.79 Å². The van der Waals surface area contributed by atoms with E-state index in [0.29, 0.717) is 23.4 Å². The molecule has 1 aliphatic rings. The van der Waals surface area contributed by atoms with Crippen LogP contribution in [0, 0.1) is 12.7 Å². The SMILES string of the molecule is CCc1onc(C)c1C(=O)N1CCN(S(=O)(=O)c2ccc(F)c(Cl)c2)CC1. The lowest BCUT2D eigenvalue weighted by Gasteiger charge is -2.34. The lowest BCUT2D eigenvalue weighted by molar-refractivity contribution is 0.0695. The number of benzene rings is 1. The molecule has 0 N–H and O–H groups in total. The molecular formula is C17H19ClFN3O4S. The zero-order valence-corrected chi connectivity index (χ0v) is 16.5. The molecule has 7 nitrogen and oxygen atoms in total. The van der Waals surface area contributed by atoms with E-state index in [4.69, 9.17) is 16.1 Å². The predicted octanol–water partition coefficient (Wildman–Crippen LogP) is 2.48. The van der Waals surface area contributed by atoms with E-state index in [1.165, 1.54) is 10.4 Å². The molecule has 1 aromatic carbocycles. The summed E-state index contributed by atoms with van der Waals surface area (Å²) in [4.78, 5) is 14.3. The second-order valence-electron chi connectivity index (χ2n) is 6.19. The number of piperazine rings is 1. The van der Waals surface area contributed by atoms with Crippen LogP contribution >= 0.6 is 11.6 Å². The van der Waals surface area contributed by atoms with Crippen molar-refractivity contribution in [3.8, 4) is 0 Å². The molecule has 1 fully saturated rings. The number of nitrogens with zero attached hydrogens (tertiary/aromatic N) is 3. The largest absolute Gasteiger partial charge is 0.360 e. The fourth-order valence-electron chi connectivity index (χ4n) is 3.01. The van der Waals surface area contributed by atoms with Crippen LogP contribution in [0.4, 0.5) is 4.39 Å². The first-order valence-electron chi connectivity index (χ1n) is 8.45. The van der Waals surface area contributed by atoms with Gasteiger partial charge in [0.05, 0.1) is 15.6 Å². The molecule has 0 atom stereocenters. The van der Waals surface area contributed by atoms with Crippen LogP contribution in [0.2, 0.25) is 5.02 Å². The topological polar surface area (TPSA) is 83.7 Å². The summed E-state index contributed by atoms with van der Waals surface area (Å²) in [7, 11) is -3.81. The van der Waals surface area contributed by atoms with Crippen LogP contribution in [-0.2, 0) is 16.4 Å². The maximum absolute atomic E-state index is 13.3. The minimum Gasteiger partial charge on any atom is -0.360 e. The number of amides is 1. The van der Waals surface area contributed by atoms with E-state index in [0.717, 1.165) is 12.1 Å². The standard InChI is InChI=1S/C17H19ClFN3O4S/c1-3-15-16(11(2)20-26-15)17(23)21-6-8-22(9-7-21)27(24,25)12-4-5-14(19)13(18)10-12/h4-5,10H,3,6-9H2,1-2H3. The lowest BCUT2D eigenvalue weighted by atomic mass is 10.1. The van der Waals surface area contributed by atoms with Crippen molar-refractivity contribution < 1.29 is 22.1 Å². The van der Waals surface area contributed by atoms with Crippen molar-refractivity contribution in [2.24, 2.45) is 0 Å². The summed E-state index contributed by atoms with van der Waals surface area (Å²) in [5, 5.41) is 3.59. The minimum atomic E-state index is -3.81. The number of halogens is 2. The summed E-state index contributed by atoms with van der Waals surface area (Å²) in [5.41, 5.74) is 0.965. The molecule has 10 heteroatoms. The highest BCUT2D eigenvalue weighted by atomic mass is 35.5. The molecule has 0 aliphatic carbocycles. The highest BCUT2D eigenvalue weighted by Crippen LogP contribution is 2.24. The first kappa shape index (κ1) is 19.8. The second kappa shape index (κ2) is 7.57. The Balaban J connectivity index is 1.74. The number of carbonyl (C=O) groups is 1. The summed E-state index contributed by atoms with van der Waals surface area (Å²) < 4.78 is 45.2. The van der Waals surface area contributed by atoms with E-state index < -0.39 is 15.8 Å². The first-order valence-corrected chi connectivity index (χ1v) is 10.3. The van der Waals surface area contributed by atoms with Gasteiger partial charge in [0.2, 0.25) is 10.0 Å². The van der Waals surface area contributed by atoms with Crippen LogP contribution in [0.1, 0.15) is 28.7 Å². The number of aromatic nitrogens is 1. The summed E-state index contributed by atoms with van der Waals surface area (Å²) >= 11 is 5.70. The molecule has 3 rings (SSSR count). The third kappa shape index (κ3) is 3.71. The van der Waals surface area contributed by atoms with Crippen LogP contribution in [0.15, 0.2) is 27.6 Å². The molecule has 0 bridgehead atoms. The van der Waals surface area contributed by atoms with Crippen molar-refractivity contribution in [1.29, 1.82) is 0 Å². The average molecular weight is 416 g/mol. The molecule has 0 saturated carbocycles. The molecular weight excluding hydrogens is 397 g/mol. The van der Waals surface area contributed by atoms with Gasteiger partial charge in [0.25, 0.3) is 5.91 Å². The number of sulfonamides is 1. The van der Waals surface area contributed by atoms with E-state index in [9.17, 15) is 17.6 Å². The zero-order chi connectivity index (χ0) is 19.8. The fourth-order valence-corrected chi connectivity index (χ4v) is 4.70. The van der Waals surface area contributed by atoms with Crippen molar-refractivity contribution in [3.63, 3.8) is 0 Å². The molecule has 0 unspecified atom stereocenters. The van der Waals surface area contributed by atoms with Gasteiger partial charge in [0, 0.05) is 32.6 Å². The molecule has 1 saturated heterocycles. The van der Waals surface area contributed by atoms with Gasteiger partial charge in [0.1, 0.15) is 17.1 Å². The van der Waals surface area contributed by atoms with Crippen LogP contribution in [0.5, 0.6) is 0 Å². The monoisotopic (exact) mass is 415 g/mol. The number of hydrogen-bond donors (Lipinski definition) is 0. The van der Waals surface area contributed by atoms with Crippen molar-refractivity contribution in [3.05, 3.63) is 46.1 Å². The maximum atomic E-state index is 13.3. The van der Waals surface area contributed by atoms with Gasteiger partial charge >= 0.3 is 0 Å². The Hall–Kier alpha value is -1.97. The van der Waals surface area contributed by atoms with Crippen molar-refractivity contribution in [2.75, 3.05) is 26.2 Å². The van der Waals surface area contributed by atoms with Crippen molar-refractivity contribution in [2.45, 2.75) is 25.2 Å². The van der Waals surface area contributed by atoms with Crippen LogP contribution in [0.25, 0.3) is 0 Å². The van der Waals surface area contributed by atoms with Crippen LogP contribution < -0.4 is 0 Å². The van der Waals surface area contributed by atoms with Gasteiger partial charge in [-0.2, -0.15) is 4.31 Å². The molecule has 0 spiro atoms. The van der Waals surface area contributed by atoms with E-state index >= 15 is 0 Å². The molecule has 2 aromatic rings. The normalized spacial score (nSPS) is 15.9. The number of rotatable bonds is 4. The zero-order valence-electron chi connectivity index (χ0n) is 14.9. The maximum Gasteiger partial charge on any atom is 0.259 e. The first-order chi connectivity index (χ1) is 12.8. The molecule has 1 aromatic heterocycles. The summed E-state index contributed by atoms with van der Waals surface area (Å²) in [6, 6.07) is 3.30. The third-order valence-corrected chi connectivity index (χ3v) is 6.71. The van der Waals surface area contributed by atoms with E-state index in [1.807, 2.05) is 6.92 Å². The highest BCUT2D eigenvalue weighted by Gasteiger charge is 2.32. The predicted molar refractivity (Wildman–Crippen MR) is 96.7 cm³/mol. The van der Waals surface area contributed by atoms with E-state index in [1.54, 1.807) is 11.8 Å². The van der Waals surface area contributed by atoms with Gasteiger partial charge in [-0.15, -0.1) is 0 Å². The van der Waals surface area contributed by atoms with Gasteiger partial charge in [-0.25, -0.2) is 12.8 Å². The minimum absolute atomic E-state index is 0.0724. The van der Waals surface area contributed by atoms with Crippen molar-refractivity contribution in [1.82, 2.24) is 14.4 Å². The fraction of sp³-hybridized carbons (Fsp3) is 0.412. The Morgan fingerprint density at radius 3 is 2.56 bits per heavy atom. The van der Waals surface area contributed by atoms with Gasteiger partial charge < -0.3 is 9.42 Å². The number of aryl methyl sites for hydroxylation is 2. The Labute approximate surface area is 161 Å². The van der Waals surface area contributed by atoms with Crippen LogP contribution in [-0.4, -0.2) is 54.9 Å². The van der Waals surface area contributed by atoms with E-state index in [-0.39, 0.29) is 42.0 Å². The summed E-state index contributed by atoms with van der Waals surface area (Å²) in [5.74, 6) is -0.372. The Bertz CT molecular complexity index is 969. The molecule has 0 radical (unpaired) electrons. The van der Waals surface area contributed by atoms with Gasteiger partial charge in [-0.05, 0) is 25.1 Å². The van der Waals surface area contributed by atoms with E-state index in [2.05, 4.69) is 5.16 Å². The third-order valence-electron chi connectivity index (χ3n) is 4.52. The Kier molecular flexibility index (Phi) is 5.55. The average Bonchev–Trinajstić information content (AvgIpc) is 3.04. The molecule has 2 heterocycles. The van der Waals surface area contributed by atoms with Crippen molar-refractivity contribution >= 4 is 27.5 Å². The highest BCUT2D eigenvalue weighted by molar-refractivity contribution is 7.89. The quantitative estimate of drug-likeness (QED) is 0.766. The Morgan fingerprint density at radius 2 is 1.96 bits per heavy atom.